The Morgan fingerprint density at radius 3 is 2.60 bits per heavy atom. The van der Waals surface area contributed by atoms with E-state index in [1.165, 1.54) is 0 Å². The summed E-state index contributed by atoms with van der Waals surface area (Å²) in [6.07, 6.45) is -4.05. The summed E-state index contributed by atoms with van der Waals surface area (Å²) >= 11 is 5.28. The summed E-state index contributed by atoms with van der Waals surface area (Å²) in [5, 5.41) is 7.89. The molecule has 1 rings (SSSR count). The van der Waals surface area contributed by atoms with Gasteiger partial charge in [0.25, 0.3) is 0 Å². The van der Waals surface area contributed by atoms with Crippen LogP contribution in [0.15, 0.2) is 12.3 Å². The molecule has 0 radical (unpaired) electrons. The molecule has 0 spiro atoms. The standard InChI is InChI=1S/C7H3ClF3NO3/c8-5-4(15-7(9,10)11)3(6(13)14)1-2-12-5/h1-2H,(H,13,14). The zero-order valence-electron chi connectivity index (χ0n) is 6.88. The van der Waals surface area contributed by atoms with Crippen molar-refractivity contribution in [1.82, 2.24) is 4.98 Å². The average Bonchev–Trinajstić information content (AvgIpc) is 2.05. The van der Waals surface area contributed by atoms with Crippen LogP contribution in [0.2, 0.25) is 5.15 Å². The average molecular weight is 242 g/mol. The molecular weight excluding hydrogens is 239 g/mol. The fourth-order valence-electron chi connectivity index (χ4n) is 0.804. The summed E-state index contributed by atoms with van der Waals surface area (Å²) in [4.78, 5) is 13.8. The van der Waals surface area contributed by atoms with Gasteiger partial charge in [-0.15, -0.1) is 13.2 Å². The molecule has 0 bridgehead atoms. The highest BCUT2D eigenvalue weighted by Gasteiger charge is 2.34. The second kappa shape index (κ2) is 3.93. The number of carboxylic acids is 1. The number of carbonyl (C=O) groups is 1. The number of halogens is 4. The maximum atomic E-state index is 11.9. The van der Waals surface area contributed by atoms with E-state index in [1.807, 2.05) is 0 Å². The summed E-state index contributed by atoms with van der Waals surface area (Å²) in [5.74, 6) is -2.60. The molecule has 1 aromatic heterocycles. The zero-order valence-corrected chi connectivity index (χ0v) is 7.63. The van der Waals surface area contributed by atoms with E-state index in [0.29, 0.717) is 0 Å². The fourth-order valence-corrected chi connectivity index (χ4v) is 1.00. The van der Waals surface area contributed by atoms with E-state index in [1.54, 1.807) is 0 Å². The molecule has 0 saturated carbocycles. The van der Waals surface area contributed by atoms with Crippen molar-refractivity contribution in [2.24, 2.45) is 0 Å². The Kier molecular flexibility index (Phi) is 3.04. The number of hydrogen-bond donors (Lipinski definition) is 1. The second-order valence-corrected chi connectivity index (χ2v) is 2.69. The van der Waals surface area contributed by atoms with Crippen molar-refractivity contribution in [1.29, 1.82) is 0 Å². The largest absolute Gasteiger partial charge is 0.573 e. The molecule has 0 amide bonds. The van der Waals surface area contributed by atoms with Crippen LogP contribution in [0.5, 0.6) is 5.75 Å². The number of rotatable bonds is 2. The first-order valence-electron chi connectivity index (χ1n) is 3.45. The lowest BCUT2D eigenvalue weighted by molar-refractivity contribution is -0.274. The highest BCUT2D eigenvalue weighted by Crippen LogP contribution is 2.31. The van der Waals surface area contributed by atoms with Crippen LogP contribution in [0.4, 0.5) is 13.2 Å². The molecule has 8 heteroatoms. The van der Waals surface area contributed by atoms with Crippen molar-refractivity contribution in [2.45, 2.75) is 6.36 Å². The van der Waals surface area contributed by atoms with Crippen LogP contribution in [0.25, 0.3) is 0 Å². The van der Waals surface area contributed by atoms with Gasteiger partial charge in [0.1, 0.15) is 5.56 Å². The van der Waals surface area contributed by atoms with Crippen molar-refractivity contribution in [3.05, 3.63) is 23.0 Å². The van der Waals surface area contributed by atoms with Crippen LogP contribution in [0.1, 0.15) is 10.4 Å². The summed E-state index contributed by atoms with van der Waals surface area (Å²) < 4.78 is 39.0. The van der Waals surface area contributed by atoms with Gasteiger partial charge in [-0.25, -0.2) is 9.78 Å². The highest BCUT2D eigenvalue weighted by molar-refractivity contribution is 6.31. The van der Waals surface area contributed by atoms with Gasteiger partial charge in [0.05, 0.1) is 0 Å². The molecule has 0 saturated heterocycles. The number of alkyl halides is 3. The second-order valence-electron chi connectivity index (χ2n) is 2.33. The van der Waals surface area contributed by atoms with Gasteiger partial charge in [0.2, 0.25) is 0 Å². The lowest BCUT2D eigenvalue weighted by Crippen LogP contribution is -2.19. The number of pyridine rings is 1. The molecule has 15 heavy (non-hydrogen) atoms. The topological polar surface area (TPSA) is 59.4 Å². The molecule has 0 aliphatic heterocycles. The van der Waals surface area contributed by atoms with Gasteiger partial charge in [-0.2, -0.15) is 0 Å². The predicted octanol–water partition coefficient (Wildman–Crippen LogP) is 2.33. The minimum atomic E-state index is -5.02. The van der Waals surface area contributed by atoms with Crippen molar-refractivity contribution in [3.63, 3.8) is 0 Å². The normalized spacial score (nSPS) is 11.2. The van der Waals surface area contributed by atoms with E-state index >= 15 is 0 Å². The Bertz CT molecular complexity index is 394. The first-order chi connectivity index (χ1) is 6.81. The molecule has 0 aliphatic carbocycles. The Hall–Kier alpha value is -1.50. The summed E-state index contributed by atoms with van der Waals surface area (Å²) in [6.45, 7) is 0. The monoisotopic (exact) mass is 241 g/mol. The number of nitrogens with zero attached hydrogens (tertiary/aromatic N) is 1. The first kappa shape index (κ1) is 11.6. The predicted molar refractivity (Wildman–Crippen MR) is 42.9 cm³/mol. The fraction of sp³-hybridized carbons (Fsp3) is 0.143. The van der Waals surface area contributed by atoms with Gasteiger partial charge in [-0.3, -0.25) is 0 Å². The molecule has 4 nitrogen and oxygen atoms in total. The van der Waals surface area contributed by atoms with Gasteiger partial charge in [0.15, 0.2) is 10.9 Å². The van der Waals surface area contributed by atoms with Gasteiger partial charge in [-0.05, 0) is 6.07 Å². The number of ether oxygens (including phenoxy) is 1. The zero-order chi connectivity index (χ0) is 11.6. The lowest BCUT2D eigenvalue weighted by atomic mass is 10.2. The van der Waals surface area contributed by atoms with Crippen LogP contribution >= 0.6 is 11.6 Å². The van der Waals surface area contributed by atoms with Gasteiger partial charge in [-0.1, -0.05) is 11.6 Å². The molecule has 0 aromatic carbocycles. The molecule has 0 fully saturated rings. The van der Waals surface area contributed by atoms with Crippen LogP contribution in [0, 0.1) is 0 Å². The third-order valence-electron chi connectivity index (χ3n) is 1.31. The molecule has 1 heterocycles. The van der Waals surface area contributed by atoms with E-state index < -0.39 is 28.8 Å². The van der Waals surface area contributed by atoms with Gasteiger partial charge in [0, 0.05) is 6.20 Å². The Morgan fingerprint density at radius 2 is 2.13 bits per heavy atom. The van der Waals surface area contributed by atoms with Crippen molar-refractivity contribution < 1.29 is 27.8 Å². The lowest BCUT2D eigenvalue weighted by Gasteiger charge is -2.11. The van der Waals surface area contributed by atoms with Crippen LogP contribution < -0.4 is 4.74 Å². The Morgan fingerprint density at radius 1 is 1.53 bits per heavy atom. The third-order valence-corrected chi connectivity index (χ3v) is 1.58. The van der Waals surface area contributed by atoms with E-state index in [0.717, 1.165) is 12.3 Å². The molecule has 1 aromatic rings. The van der Waals surface area contributed by atoms with Gasteiger partial charge >= 0.3 is 12.3 Å². The molecule has 82 valence electrons. The molecular formula is C7H3ClF3NO3. The SMILES string of the molecule is O=C(O)c1ccnc(Cl)c1OC(F)(F)F. The first-order valence-corrected chi connectivity index (χ1v) is 3.82. The quantitative estimate of drug-likeness (QED) is 0.808. The summed E-state index contributed by atoms with van der Waals surface area (Å²) in [6, 6.07) is 0.856. The number of carboxylic acid groups (broad SMARTS) is 1. The van der Waals surface area contributed by atoms with Crippen LogP contribution in [-0.4, -0.2) is 22.4 Å². The number of aromatic carboxylic acids is 1. The molecule has 0 unspecified atom stereocenters. The maximum absolute atomic E-state index is 11.9. The van der Waals surface area contributed by atoms with E-state index in [9.17, 15) is 18.0 Å². The van der Waals surface area contributed by atoms with Crippen molar-refractivity contribution in [2.75, 3.05) is 0 Å². The summed E-state index contributed by atoms with van der Waals surface area (Å²) in [5.41, 5.74) is -0.702. The van der Waals surface area contributed by atoms with E-state index in [-0.39, 0.29) is 0 Å². The molecule has 1 N–H and O–H groups in total. The Labute approximate surface area is 86.3 Å². The smallest absolute Gasteiger partial charge is 0.478 e. The number of hydrogen-bond acceptors (Lipinski definition) is 3. The minimum Gasteiger partial charge on any atom is -0.478 e. The van der Waals surface area contributed by atoms with E-state index in [2.05, 4.69) is 9.72 Å². The highest BCUT2D eigenvalue weighted by atomic mass is 35.5. The minimum absolute atomic E-state index is 0.660. The number of aromatic nitrogens is 1. The van der Waals surface area contributed by atoms with Crippen LogP contribution in [-0.2, 0) is 0 Å². The third kappa shape index (κ3) is 2.98. The van der Waals surface area contributed by atoms with Crippen LogP contribution in [0.3, 0.4) is 0 Å². The van der Waals surface area contributed by atoms with Crippen molar-refractivity contribution >= 4 is 17.6 Å². The summed E-state index contributed by atoms with van der Waals surface area (Å²) in [7, 11) is 0. The Balaban J connectivity index is 3.19. The molecule has 0 atom stereocenters. The van der Waals surface area contributed by atoms with Gasteiger partial charge < -0.3 is 9.84 Å². The van der Waals surface area contributed by atoms with E-state index in [4.69, 9.17) is 16.7 Å². The molecule has 0 aliphatic rings. The van der Waals surface area contributed by atoms with Crippen molar-refractivity contribution in [3.8, 4) is 5.75 Å². The maximum Gasteiger partial charge on any atom is 0.573 e.